The molecule has 25 heavy (non-hydrogen) atoms. The Kier molecular flexibility index (Phi) is 7.63. The van der Waals surface area contributed by atoms with Gasteiger partial charge in [0.1, 0.15) is 11.4 Å². The molecule has 0 radical (unpaired) electrons. The zero-order chi connectivity index (χ0) is 19.0. The van der Waals surface area contributed by atoms with Crippen molar-refractivity contribution in [3.63, 3.8) is 0 Å². The van der Waals surface area contributed by atoms with Gasteiger partial charge in [0.25, 0.3) is 5.91 Å². The first-order valence-electron chi connectivity index (χ1n) is 8.02. The van der Waals surface area contributed by atoms with Crippen LogP contribution < -0.4 is 15.5 Å². The largest absolute Gasteiger partial charge is 0.444 e. The van der Waals surface area contributed by atoms with Gasteiger partial charge in [0, 0.05) is 33.9 Å². The van der Waals surface area contributed by atoms with Gasteiger partial charge in [0.2, 0.25) is 0 Å². The molecule has 0 aliphatic rings. The zero-order valence-electron chi connectivity index (χ0n) is 15.8. The quantitative estimate of drug-likeness (QED) is 0.768. The highest BCUT2D eigenvalue weighted by Gasteiger charge is 2.21. The van der Waals surface area contributed by atoms with Crippen molar-refractivity contribution in [3.05, 3.63) is 23.9 Å². The summed E-state index contributed by atoms with van der Waals surface area (Å²) in [4.78, 5) is 30.0. The number of aromatic nitrogens is 1. The smallest absolute Gasteiger partial charge is 0.407 e. The van der Waals surface area contributed by atoms with E-state index in [1.807, 2.05) is 31.1 Å². The van der Waals surface area contributed by atoms with E-state index in [9.17, 15) is 9.59 Å². The monoisotopic (exact) mass is 352 g/mol. The molecule has 2 N–H and O–H groups in total. The summed E-state index contributed by atoms with van der Waals surface area (Å²) in [5.74, 6) is 0.515. The Labute approximate surface area is 148 Å². The molecule has 0 saturated heterocycles. The van der Waals surface area contributed by atoms with Crippen LogP contribution in [-0.4, -0.2) is 56.4 Å². The summed E-state index contributed by atoms with van der Waals surface area (Å²) in [7, 11) is 5.23. The van der Waals surface area contributed by atoms with E-state index in [2.05, 4.69) is 15.6 Å². The molecule has 1 aromatic rings. The summed E-state index contributed by atoms with van der Waals surface area (Å²) in [6, 6.07) is 3.77. The molecular weight excluding hydrogens is 324 g/mol. The molecule has 1 heterocycles. The molecule has 140 valence electrons. The average molecular weight is 352 g/mol. The third-order valence-electron chi connectivity index (χ3n) is 3.14. The number of hydrogen-bond donors (Lipinski definition) is 2. The van der Waals surface area contributed by atoms with E-state index in [1.54, 1.807) is 27.0 Å². The number of nitrogens with zero attached hydrogens (tertiary/aromatic N) is 2. The molecule has 0 fully saturated rings. The fourth-order valence-electron chi connectivity index (χ4n) is 1.86. The highest BCUT2D eigenvalue weighted by Crippen LogP contribution is 2.08. The van der Waals surface area contributed by atoms with Gasteiger partial charge in [0.15, 0.2) is 6.10 Å². The molecule has 0 unspecified atom stereocenters. The molecule has 1 aromatic heterocycles. The van der Waals surface area contributed by atoms with Gasteiger partial charge in [-0.1, -0.05) is 6.07 Å². The standard InChI is InChI=1S/C17H28N4O4/c1-17(2,3)25-16(23)20-11-13(24-6)15(22)19-10-12-7-8-14(18-9-12)21(4)5/h7-9,13H,10-11H2,1-6H3,(H,19,22)(H,20,23)/t13-/m0/s1. The van der Waals surface area contributed by atoms with Crippen LogP contribution in [0, 0.1) is 0 Å². The Morgan fingerprint density at radius 2 is 1.92 bits per heavy atom. The van der Waals surface area contributed by atoms with Crippen molar-refractivity contribution in [3.8, 4) is 0 Å². The fourth-order valence-corrected chi connectivity index (χ4v) is 1.86. The molecule has 0 aromatic carbocycles. The van der Waals surface area contributed by atoms with Gasteiger partial charge in [-0.2, -0.15) is 0 Å². The van der Waals surface area contributed by atoms with Gasteiger partial charge >= 0.3 is 6.09 Å². The number of alkyl carbamates (subject to hydrolysis) is 1. The number of carbonyl (C=O) groups is 2. The lowest BCUT2D eigenvalue weighted by Crippen LogP contribution is -2.44. The van der Waals surface area contributed by atoms with Crippen LogP contribution >= 0.6 is 0 Å². The molecule has 1 atom stereocenters. The first kappa shape index (κ1) is 20.7. The molecule has 0 spiro atoms. The predicted molar refractivity (Wildman–Crippen MR) is 95.4 cm³/mol. The third-order valence-corrected chi connectivity index (χ3v) is 3.14. The molecular formula is C17H28N4O4. The van der Waals surface area contributed by atoms with Crippen molar-refractivity contribution in [2.45, 2.75) is 39.0 Å². The fraction of sp³-hybridized carbons (Fsp3) is 0.588. The van der Waals surface area contributed by atoms with E-state index >= 15 is 0 Å². The van der Waals surface area contributed by atoms with Gasteiger partial charge in [-0.05, 0) is 32.4 Å². The van der Waals surface area contributed by atoms with Crippen LogP contribution in [0.5, 0.6) is 0 Å². The third kappa shape index (κ3) is 7.84. The summed E-state index contributed by atoms with van der Waals surface area (Å²) in [5, 5.41) is 5.29. The van der Waals surface area contributed by atoms with Crippen molar-refractivity contribution in [2.24, 2.45) is 0 Å². The summed E-state index contributed by atoms with van der Waals surface area (Å²) in [5.41, 5.74) is 0.273. The molecule has 1 rings (SSSR count). The second-order valence-electron chi connectivity index (χ2n) is 6.74. The maximum atomic E-state index is 12.2. The molecule has 0 saturated carbocycles. The average Bonchev–Trinajstić information content (AvgIpc) is 2.52. The number of amides is 2. The summed E-state index contributed by atoms with van der Waals surface area (Å²) >= 11 is 0. The maximum Gasteiger partial charge on any atom is 0.407 e. The van der Waals surface area contributed by atoms with Gasteiger partial charge in [-0.3, -0.25) is 4.79 Å². The van der Waals surface area contributed by atoms with Crippen molar-refractivity contribution in [1.29, 1.82) is 0 Å². The number of nitrogens with one attached hydrogen (secondary N) is 2. The van der Waals surface area contributed by atoms with Crippen LogP contribution in [0.15, 0.2) is 18.3 Å². The maximum absolute atomic E-state index is 12.2. The Morgan fingerprint density at radius 3 is 2.40 bits per heavy atom. The second-order valence-corrected chi connectivity index (χ2v) is 6.74. The van der Waals surface area contributed by atoms with E-state index in [4.69, 9.17) is 9.47 Å². The van der Waals surface area contributed by atoms with Gasteiger partial charge < -0.3 is 25.0 Å². The molecule has 8 heteroatoms. The predicted octanol–water partition coefficient (Wildman–Crippen LogP) is 1.30. The number of methoxy groups -OCH3 is 1. The first-order chi connectivity index (χ1) is 11.6. The lowest BCUT2D eigenvalue weighted by molar-refractivity contribution is -0.130. The first-order valence-corrected chi connectivity index (χ1v) is 8.02. The van der Waals surface area contributed by atoms with E-state index in [1.165, 1.54) is 7.11 Å². The highest BCUT2D eigenvalue weighted by molar-refractivity contribution is 5.81. The van der Waals surface area contributed by atoms with E-state index < -0.39 is 17.8 Å². The molecule has 8 nitrogen and oxygen atoms in total. The number of anilines is 1. The Bertz CT molecular complexity index is 567. The van der Waals surface area contributed by atoms with Gasteiger partial charge in [0.05, 0.1) is 6.54 Å². The molecule has 0 aliphatic carbocycles. The van der Waals surface area contributed by atoms with Crippen LogP contribution in [-0.2, 0) is 20.8 Å². The van der Waals surface area contributed by atoms with Crippen LogP contribution in [0.2, 0.25) is 0 Å². The zero-order valence-corrected chi connectivity index (χ0v) is 15.8. The molecule has 0 aliphatic heterocycles. The van der Waals surface area contributed by atoms with Crippen molar-refractivity contribution >= 4 is 17.8 Å². The number of ether oxygens (including phenoxy) is 2. The summed E-state index contributed by atoms with van der Waals surface area (Å²) in [6.07, 6.45) is 0.309. The van der Waals surface area contributed by atoms with Crippen LogP contribution in [0.25, 0.3) is 0 Å². The van der Waals surface area contributed by atoms with Crippen LogP contribution in [0.4, 0.5) is 10.6 Å². The summed E-state index contributed by atoms with van der Waals surface area (Å²) < 4.78 is 10.2. The lowest BCUT2D eigenvalue weighted by Gasteiger charge is -2.21. The van der Waals surface area contributed by atoms with Crippen molar-refractivity contribution < 1.29 is 19.1 Å². The van der Waals surface area contributed by atoms with Gasteiger partial charge in [-0.25, -0.2) is 9.78 Å². The van der Waals surface area contributed by atoms with Gasteiger partial charge in [-0.15, -0.1) is 0 Å². The van der Waals surface area contributed by atoms with Crippen LogP contribution in [0.1, 0.15) is 26.3 Å². The second kappa shape index (κ2) is 9.22. The normalized spacial score (nSPS) is 12.2. The van der Waals surface area contributed by atoms with E-state index in [-0.39, 0.29) is 12.5 Å². The van der Waals surface area contributed by atoms with E-state index in [0.717, 1.165) is 11.4 Å². The van der Waals surface area contributed by atoms with Crippen molar-refractivity contribution in [1.82, 2.24) is 15.6 Å². The number of pyridine rings is 1. The van der Waals surface area contributed by atoms with Crippen molar-refractivity contribution in [2.75, 3.05) is 32.6 Å². The number of rotatable bonds is 7. The molecule has 2 amide bonds. The number of hydrogen-bond acceptors (Lipinski definition) is 6. The molecule has 0 bridgehead atoms. The summed E-state index contributed by atoms with van der Waals surface area (Å²) in [6.45, 7) is 5.65. The van der Waals surface area contributed by atoms with Crippen LogP contribution in [0.3, 0.4) is 0 Å². The minimum atomic E-state index is -0.804. The Hall–Kier alpha value is -2.35. The lowest BCUT2D eigenvalue weighted by atomic mass is 10.2. The minimum absolute atomic E-state index is 0.0229. The SMILES string of the molecule is CO[C@@H](CNC(=O)OC(C)(C)C)C(=O)NCc1ccc(N(C)C)nc1. The minimum Gasteiger partial charge on any atom is -0.444 e. The van der Waals surface area contributed by atoms with E-state index in [0.29, 0.717) is 6.54 Å². The number of carbonyl (C=O) groups excluding carboxylic acids is 2. The highest BCUT2D eigenvalue weighted by atomic mass is 16.6. The topological polar surface area (TPSA) is 92.8 Å². The Morgan fingerprint density at radius 1 is 1.24 bits per heavy atom. The Balaban J connectivity index is 2.46.